The van der Waals surface area contributed by atoms with Crippen molar-refractivity contribution in [3.8, 4) is 0 Å². The largest absolute Gasteiger partial charge is 0.245 e. The van der Waals surface area contributed by atoms with E-state index in [0.717, 1.165) is 17.1 Å². The number of aromatic nitrogens is 2. The zero-order valence-corrected chi connectivity index (χ0v) is 8.42. The zero-order chi connectivity index (χ0) is 9.84. The van der Waals surface area contributed by atoms with Crippen molar-refractivity contribution in [2.24, 2.45) is 5.10 Å². The second-order valence-electron chi connectivity index (χ2n) is 3.15. The van der Waals surface area contributed by atoms with Crippen LogP contribution in [0, 0.1) is 13.8 Å². The minimum absolute atomic E-state index is 0.554. The molecule has 1 rings (SSSR count). The van der Waals surface area contributed by atoms with Crippen molar-refractivity contribution in [2.45, 2.75) is 27.7 Å². The van der Waals surface area contributed by atoms with Crippen LogP contribution >= 0.6 is 0 Å². The third-order valence-electron chi connectivity index (χ3n) is 1.36. The van der Waals surface area contributed by atoms with Crippen LogP contribution in [0.25, 0.3) is 0 Å². The summed E-state index contributed by atoms with van der Waals surface area (Å²) in [6.07, 6.45) is 0. The Balaban J connectivity index is 2.83. The van der Waals surface area contributed by atoms with Crippen LogP contribution in [0.5, 0.6) is 0 Å². The van der Waals surface area contributed by atoms with Gasteiger partial charge in [-0.25, -0.2) is 15.4 Å². The van der Waals surface area contributed by atoms with E-state index in [1.54, 1.807) is 0 Å². The highest BCUT2D eigenvalue weighted by Crippen LogP contribution is 2.03. The topological polar surface area (TPSA) is 50.2 Å². The molecule has 0 radical (unpaired) electrons. The Labute approximate surface area is 78.1 Å². The third kappa shape index (κ3) is 3.19. The summed E-state index contributed by atoms with van der Waals surface area (Å²) < 4.78 is 0. The van der Waals surface area contributed by atoms with Crippen molar-refractivity contribution in [3.63, 3.8) is 0 Å². The molecule has 0 saturated carbocycles. The van der Waals surface area contributed by atoms with E-state index in [1.807, 2.05) is 33.8 Å². The van der Waals surface area contributed by atoms with Crippen molar-refractivity contribution in [1.29, 1.82) is 0 Å². The second kappa shape index (κ2) is 3.98. The van der Waals surface area contributed by atoms with Gasteiger partial charge in [0.15, 0.2) is 0 Å². The molecule has 4 heteroatoms. The minimum Gasteiger partial charge on any atom is -0.245 e. The summed E-state index contributed by atoms with van der Waals surface area (Å²) in [5, 5.41) is 4.02. The minimum atomic E-state index is 0.554. The van der Waals surface area contributed by atoms with Gasteiger partial charge in [-0.15, -0.1) is 0 Å². The summed E-state index contributed by atoms with van der Waals surface area (Å²) in [4.78, 5) is 8.35. The highest BCUT2D eigenvalue weighted by atomic mass is 15.3. The summed E-state index contributed by atoms with van der Waals surface area (Å²) >= 11 is 0. The Kier molecular flexibility index (Phi) is 2.95. The molecule has 0 aliphatic heterocycles. The van der Waals surface area contributed by atoms with Gasteiger partial charge >= 0.3 is 0 Å². The number of hydrogen-bond donors (Lipinski definition) is 1. The SMILES string of the molecule is CC(C)=NNc1nc(C)cc(C)n1. The fraction of sp³-hybridized carbons (Fsp3) is 0.444. The van der Waals surface area contributed by atoms with Crippen molar-refractivity contribution in [2.75, 3.05) is 5.43 Å². The monoisotopic (exact) mass is 178 g/mol. The summed E-state index contributed by atoms with van der Waals surface area (Å²) in [5.74, 6) is 0.554. The first-order valence-electron chi connectivity index (χ1n) is 4.17. The van der Waals surface area contributed by atoms with Crippen molar-refractivity contribution in [3.05, 3.63) is 17.5 Å². The van der Waals surface area contributed by atoms with E-state index in [1.165, 1.54) is 0 Å². The zero-order valence-electron chi connectivity index (χ0n) is 8.42. The molecule has 0 atom stereocenters. The smallest absolute Gasteiger partial charge is 0.243 e. The van der Waals surface area contributed by atoms with E-state index in [9.17, 15) is 0 Å². The quantitative estimate of drug-likeness (QED) is 0.556. The number of nitrogens with zero attached hydrogens (tertiary/aromatic N) is 3. The van der Waals surface area contributed by atoms with Crippen molar-refractivity contribution >= 4 is 11.7 Å². The molecule has 1 N–H and O–H groups in total. The molecule has 70 valence electrons. The molecular weight excluding hydrogens is 164 g/mol. The summed E-state index contributed by atoms with van der Waals surface area (Å²) in [6.45, 7) is 7.69. The Bertz CT molecular complexity index is 306. The van der Waals surface area contributed by atoms with Crippen LogP contribution in [0.4, 0.5) is 5.95 Å². The van der Waals surface area contributed by atoms with Gasteiger partial charge in [-0.3, -0.25) is 0 Å². The molecule has 0 bridgehead atoms. The maximum absolute atomic E-state index is 4.18. The predicted molar refractivity (Wildman–Crippen MR) is 53.9 cm³/mol. The van der Waals surface area contributed by atoms with E-state index < -0.39 is 0 Å². The van der Waals surface area contributed by atoms with E-state index in [2.05, 4.69) is 20.5 Å². The van der Waals surface area contributed by atoms with Gasteiger partial charge in [-0.1, -0.05) is 0 Å². The van der Waals surface area contributed by atoms with Gasteiger partial charge in [0, 0.05) is 17.1 Å². The molecule has 0 aliphatic rings. The number of rotatable bonds is 2. The Morgan fingerprint density at radius 1 is 1.23 bits per heavy atom. The molecule has 0 spiro atoms. The molecule has 0 fully saturated rings. The van der Waals surface area contributed by atoms with Gasteiger partial charge in [-0.2, -0.15) is 5.10 Å². The van der Waals surface area contributed by atoms with E-state index in [-0.39, 0.29) is 0 Å². The average molecular weight is 178 g/mol. The molecule has 0 aromatic carbocycles. The lowest BCUT2D eigenvalue weighted by Gasteiger charge is -2.01. The first-order chi connectivity index (χ1) is 6.08. The lowest BCUT2D eigenvalue weighted by atomic mass is 10.4. The van der Waals surface area contributed by atoms with Gasteiger partial charge in [0.05, 0.1) is 0 Å². The predicted octanol–water partition coefficient (Wildman–Crippen LogP) is 1.90. The van der Waals surface area contributed by atoms with Gasteiger partial charge in [0.25, 0.3) is 0 Å². The maximum Gasteiger partial charge on any atom is 0.243 e. The summed E-state index contributed by atoms with van der Waals surface area (Å²) in [7, 11) is 0. The average Bonchev–Trinajstić information content (AvgIpc) is 1.99. The van der Waals surface area contributed by atoms with E-state index in [0.29, 0.717) is 5.95 Å². The molecular formula is C9H14N4. The fourth-order valence-electron chi connectivity index (χ4n) is 0.938. The van der Waals surface area contributed by atoms with Crippen LogP contribution in [0.1, 0.15) is 25.2 Å². The molecule has 1 heterocycles. The normalized spacial score (nSPS) is 9.54. The fourth-order valence-corrected chi connectivity index (χ4v) is 0.938. The van der Waals surface area contributed by atoms with Crippen LogP contribution < -0.4 is 5.43 Å². The first kappa shape index (κ1) is 9.64. The van der Waals surface area contributed by atoms with Gasteiger partial charge in [0.2, 0.25) is 5.95 Å². The highest BCUT2D eigenvalue weighted by molar-refractivity contribution is 5.79. The molecule has 0 saturated heterocycles. The molecule has 0 aliphatic carbocycles. The standard InChI is InChI=1S/C9H14N4/c1-6(2)12-13-9-10-7(3)5-8(4)11-9/h5H,1-4H3,(H,10,11,13). The lowest BCUT2D eigenvalue weighted by molar-refractivity contribution is 1.03. The van der Waals surface area contributed by atoms with E-state index >= 15 is 0 Å². The maximum atomic E-state index is 4.18. The summed E-state index contributed by atoms with van der Waals surface area (Å²) in [5.41, 5.74) is 5.63. The molecule has 0 amide bonds. The van der Waals surface area contributed by atoms with Crippen molar-refractivity contribution in [1.82, 2.24) is 9.97 Å². The molecule has 0 unspecified atom stereocenters. The van der Waals surface area contributed by atoms with Crippen LogP contribution in [-0.2, 0) is 0 Å². The highest BCUT2D eigenvalue weighted by Gasteiger charge is 1.96. The molecule has 1 aromatic heterocycles. The summed E-state index contributed by atoms with van der Waals surface area (Å²) in [6, 6.07) is 1.92. The van der Waals surface area contributed by atoms with Crippen LogP contribution in [0.3, 0.4) is 0 Å². The lowest BCUT2D eigenvalue weighted by Crippen LogP contribution is -2.00. The Morgan fingerprint density at radius 2 is 1.77 bits per heavy atom. The van der Waals surface area contributed by atoms with Crippen LogP contribution in [0.2, 0.25) is 0 Å². The molecule has 4 nitrogen and oxygen atoms in total. The van der Waals surface area contributed by atoms with E-state index in [4.69, 9.17) is 0 Å². The Hall–Kier alpha value is -1.45. The number of hydrazone groups is 1. The van der Waals surface area contributed by atoms with Gasteiger partial charge < -0.3 is 0 Å². The molecule has 13 heavy (non-hydrogen) atoms. The first-order valence-corrected chi connectivity index (χ1v) is 4.17. The second-order valence-corrected chi connectivity index (χ2v) is 3.15. The third-order valence-corrected chi connectivity index (χ3v) is 1.36. The molecule has 1 aromatic rings. The number of nitrogens with one attached hydrogen (secondary N) is 1. The van der Waals surface area contributed by atoms with Gasteiger partial charge in [-0.05, 0) is 33.8 Å². The van der Waals surface area contributed by atoms with Crippen LogP contribution in [-0.4, -0.2) is 15.7 Å². The van der Waals surface area contributed by atoms with Gasteiger partial charge in [0.1, 0.15) is 0 Å². The number of aryl methyl sites for hydroxylation is 2. The van der Waals surface area contributed by atoms with Crippen molar-refractivity contribution < 1.29 is 0 Å². The Morgan fingerprint density at radius 3 is 2.23 bits per heavy atom. The number of hydrogen-bond acceptors (Lipinski definition) is 4. The number of anilines is 1. The van der Waals surface area contributed by atoms with Crippen LogP contribution in [0.15, 0.2) is 11.2 Å².